The van der Waals surface area contributed by atoms with Gasteiger partial charge >= 0.3 is 13.2 Å². The average Bonchev–Trinajstić information content (AvgIpc) is 2.72. The Morgan fingerprint density at radius 3 is 2.31 bits per heavy atom. The molecule has 1 saturated heterocycles. The fourth-order valence-electron chi connectivity index (χ4n) is 3.43. The molecule has 1 amide bonds. The van der Waals surface area contributed by atoms with Crippen molar-refractivity contribution < 1.29 is 18.8 Å². The van der Waals surface area contributed by atoms with Crippen LogP contribution in [0.3, 0.4) is 0 Å². The highest BCUT2D eigenvalue weighted by atomic mass is 16.7. The highest BCUT2D eigenvalue weighted by Gasteiger charge is 2.57. The number of hydrogen-bond acceptors (Lipinski definition) is 4. The molecule has 0 spiro atoms. The van der Waals surface area contributed by atoms with Gasteiger partial charge in [-0.15, -0.1) is 0 Å². The molecule has 2 heterocycles. The van der Waals surface area contributed by atoms with E-state index in [1.54, 1.807) is 4.90 Å². The molecular weight excluding hydrogens is 329 g/mol. The lowest BCUT2D eigenvalue weighted by molar-refractivity contribution is 0.00578. The predicted octanol–water partition coefficient (Wildman–Crippen LogP) is 4.15. The Morgan fingerprint density at radius 1 is 1.15 bits per heavy atom. The molecule has 0 bridgehead atoms. The number of nitrogens with zero attached hydrogens (tertiary/aromatic N) is 1. The molecule has 2 aliphatic heterocycles. The Labute approximate surface area is 157 Å². The molecule has 5 nitrogen and oxygen atoms in total. The van der Waals surface area contributed by atoms with Crippen LogP contribution in [0.1, 0.15) is 65.5 Å². The molecule has 2 aliphatic rings. The van der Waals surface area contributed by atoms with E-state index in [9.17, 15) is 4.79 Å². The number of rotatable bonds is 1. The lowest BCUT2D eigenvalue weighted by Gasteiger charge is -2.38. The van der Waals surface area contributed by atoms with Crippen molar-refractivity contribution in [1.29, 1.82) is 0 Å². The molecule has 3 rings (SSSR count). The monoisotopic (exact) mass is 359 g/mol. The Hall–Kier alpha value is -1.53. The van der Waals surface area contributed by atoms with Gasteiger partial charge < -0.3 is 18.9 Å². The number of ether oxygens (including phenoxy) is 1. The van der Waals surface area contributed by atoms with Crippen molar-refractivity contribution in [2.75, 3.05) is 6.54 Å². The Morgan fingerprint density at radius 2 is 1.73 bits per heavy atom. The predicted molar refractivity (Wildman–Crippen MR) is 102 cm³/mol. The van der Waals surface area contributed by atoms with Crippen LogP contribution in [0.5, 0.6) is 0 Å². The Balaban J connectivity index is 1.97. The number of carbonyl (C=O) groups excluding carboxylic acids is 1. The van der Waals surface area contributed by atoms with Crippen LogP contribution in [-0.4, -0.2) is 41.5 Å². The van der Waals surface area contributed by atoms with Crippen molar-refractivity contribution in [3.05, 3.63) is 35.4 Å². The minimum Gasteiger partial charge on any atom is -0.444 e. The van der Waals surface area contributed by atoms with Gasteiger partial charge in [0.05, 0.1) is 17.1 Å². The minimum absolute atomic E-state index is 0.323. The average molecular weight is 359 g/mol. The van der Waals surface area contributed by atoms with Crippen LogP contribution in [0.25, 0.3) is 0 Å². The van der Waals surface area contributed by atoms with E-state index in [0.29, 0.717) is 6.54 Å². The number of fused-ring (bicyclic) bond motifs is 1. The maximum Gasteiger partial charge on any atom is 0.487 e. The third-order valence-electron chi connectivity index (χ3n) is 5.49. The molecule has 1 aromatic rings. The van der Waals surface area contributed by atoms with Crippen molar-refractivity contribution in [1.82, 2.24) is 4.90 Å². The van der Waals surface area contributed by atoms with Crippen LogP contribution in [0.15, 0.2) is 24.3 Å². The van der Waals surface area contributed by atoms with Crippen LogP contribution in [0, 0.1) is 0 Å². The maximum absolute atomic E-state index is 12.9. The second-order valence-electron chi connectivity index (χ2n) is 9.19. The quantitative estimate of drug-likeness (QED) is 0.707. The van der Waals surface area contributed by atoms with Gasteiger partial charge in [-0.3, -0.25) is 0 Å². The van der Waals surface area contributed by atoms with Gasteiger partial charge in [0, 0.05) is 6.54 Å². The summed E-state index contributed by atoms with van der Waals surface area (Å²) in [6, 6.07) is 8.19. The molecule has 0 aliphatic carbocycles. The lowest BCUT2D eigenvalue weighted by atomic mass is 9.70. The van der Waals surface area contributed by atoms with Crippen LogP contribution < -0.4 is 0 Å². The molecule has 1 atom stereocenters. The largest absolute Gasteiger partial charge is 0.487 e. The maximum atomic E-state index is 12.9. The first-order valence-electron chi connectivity index (χ1n) is 9.34. The summed E-state index contributed by atoms with van der Waals surface area (Å²) in [7, 11) is -0.533. The van der Waals surface area contributed by atoms with Gasteiger partial charge in [0.1, 0.15) is 5.60 Å². The summed E-state index contributed by atoms with van der Waals surface area (Å²) in [6.45, 7) is 14.3. The zero-order chi connectivity index (χ0) is 19.3. The number of carbonyl (C=O) groups is 1. The Kier molecular flexibility index (Phi) is 4.64. The summed E-state index contributed by atoms with van der Waals surface area (Å²) in [6.07, 6.45) is 0.470. The van der Waals surface area contributed by atoms with Gasteiger partial charge in [0.15, 0.2) is 0 Å². The summed E-state index contributed by atoms with van der Waals surface area (Å²) in [5.41, 5.74) is 0.845. The van der Waals surface area contributed by atoms with E-state index < -0.39 is 23.9 Å². The van der Waals surface area contributed by atoms with Crippen molar-refractivity contribution in [2.45, 2.75) is 77.6 Å². The van der Waals surface area contributed by atoms with E-state index in [2.05, 4.69) is 12.1 Å². The SMILES string of the molecule is CC(C)(C)OC(=O)N1CCc2ccccc2C1B1OC(C)(C)C(C)(C)O1. The first-order valence-corrected chi connectivity index (χ1v) is 9.34. The molecule has 1 aromatic carbocycles. The second-order valence-corrected chi connectivity index (χ2v) is 9.19. The van der Waals surface area contributed by atoms with Gasteiger partial charge in [-0.05, 0) is 66.0 Å². The molecule has 0 aromatic heterocycles. The summed E-state index contributed by atoms with van der Waals surface area (Å²) in [4.78, 5) is 14.7. The molecule has 1 fully saturated rings. The third-order valence-corrected chi connectivity index (χ3v) is 5.49. The lowest BCUT2D eigenvalue weighted by Crippen LogP contribution is -2.49. The van der Waals surface area contributed by atoms with Gasteiger partial charge in [0.25, 0.3) is 0 Å². The van der Waals surface area contributed by atoms with Crippen molar-refractivity contribution in [2.24, 2.45) is 0 Å². The van der Waals surface area contributed by atoms with E-state index in [1.165, 1.54) is 5.56 Å². The molecule has 6 heteroatoms. The minimum atomic E-state index is -0.547. The van der Waals surface area contributed by atoms with E-state index in [-0.39, 0.29) is 12.0 Å². The normalized spacial score (nSPS) is 24.3. The number of benzene rings is 1. The van der Waals surface area contributed by atoms with Gasteiger partial charge in [-0.1, -0.05) is 24.3 Å². The Bertz CT molecular complexity index is 679. The smallest absolute Gasteiger partial charge is 0.444 e. The van der Waals surface area contributed by atoms with Gasteiger partial charge in [-0.2, -0.15) is 0 Å². The fourth-order valence-corrected chi connectivity index (χ4v) is 3.43. The second kappa shape index (κ2) is 6.27. The summed E-state index contributed by atoms with van der Waals surface area (Å²) >= 11 is 0. The third kappa shape index (κ3) is 3.49. The van der Waals surface area contributed by atoms with Crippen molar-refractivity contribution >= 4 is 13.2 Å². The summed E-state index contributed by atoms with van der Waals surface area (Å²) < 4.78 is 18.3. The van der Waals surface area contributed by atoms with E-state index in [4.69, 9.17) is 14.0 Å². The van der Waals surface area contributed by atoms with Crippen LogP contribution in [0.2, 0.25) is 0 Å². The standard InChI is InChI=1S/C20H30BNO4/c1-18(2,3)24-17(23)22-13-12-14-10-8-9-11-15(14)16(22)21-25-19(4,5)20(6,7)26-21/h8-11,16H,12-13H2,1-7H3. The van der Waals surface area contributed by atoms with Gasteiger partial charge in [-0.25, -0.2) is 4.79 Å². The topological polar surface area (TPSA) is 48.0 Å². The molecule has 1 unspecified atom stereocenters. The van der Waals surface area contributed by atoms with Crippen LogP contribution >= 0.6 is 0 Å². The van der Waals surface area contributed by atoms with Crippen molar-refractivity contribution in [3.63, 3.8) is 0 Å². The first-order chi connectivity index (χ1) is 11.9. The molecule has 0 radical (unpaired) electrons. The number of hydrogen-bond donors (Lipinski definition) is 0. The number of amides is 1. The molecule has 0 saturated carbocycles. The molecule has 142 valence electrons. The van der Waals surface area contributed by atoms with E-state index in [1.807, 2.05) is 60.6 Å². The van der Waals surface area contributed by atoms with Crippen LogP contribution in [0.4, 0.5) is 4.79 Å². The molecule has 26 heavy (non-hydrogen) atoms. The molecule has 0 N–H and O–H groups in total. The fraction of sp³-hybridized carbons (Fsp3) is 0.650. The highest BCUT2D eigenvalue weighted by Crippen LogP contribution is 2.43. The zero-order valence-electron chi connectivity index (χ0n) is 17.0. The summed E-state index contributed by atoms with van der Waals surface area (Å²) in [5.74, 6) is -0.323. The van der Waals surface area contributed by atoms with Gasteiger partial charge in [0.2, 0.25) is 0 Å². The summed E-state index contributed by atoms with van der Waals surface area (Å²) in [5, 5.41) is 0. The zero-order valence-corrected chi connectivity index (χ0v) is 17.0. The first kappa shape index (κ1) is 19.2. The molecular formula is C20H30BNO4. The van der Waals surface area contributed by atoms with Crippen LogP contribution in [-0.2, 0) is 20.5 Å². The van der Waals surface area contributed by atoms with E-state index >= 15 is 0 Å². The van der Waals surface area contributed by atoms with Crippen molar-refractivity contribution in [3.8, 4) is 0 Å². The highest BCUT2D eigenvalue weighted by molar-refractivity contribution is 6.47. The van der Waals surface area contributed by atoms with E-state index in [0.717, 1.165) is 12.0 Å².